The first-order chi connectivity index (χ1) is 12.6. The van der Waals surface area contributed by atoms with Crippen LogP contribution in [0.15, 0.2) is 30.6 Å². The number of pyridine rings is 1. The molecule has 2 aliphatic rings. The van der Waals surface area contributed by atoms with Gasteiger partial charge in [-0.3, -0.25) is 9.78 Å². The number of rotatable bonds is 5. The van der Waals surface area contributed by atoms with Crippen molar-refractivity contribution in [1.29, 1.82) is 0 Å². The second kappa shape index (κ2) is 7.16. The summed E-state index contributed by atoms with van der Waals surface area (Å²) >= 11 is 0. The summed E-state index contributed by atoms with van der Waals surface area (Å²) in [7, 11) is 0. The highest BCUT2D eigenvalue weighted by atomic mass is 19.1. The van der Waals surface area contributed by atoms with Crippen LogP contribution in [0.1, 0.15) is 45.5 Å². The minimum Gasteiger partial charge on any atom is -0.376 e. The Kier molecular flexibility index (Phi) is 4.72. The van der Waals surface area contributed by atoms with Crippen LogP contribution in [0.4, 0.5) is 4.39 Å². The van der Waals surface area contributed by atoms with Crippen molar-refractivity contribution >= 4 is 5.91 Å². The first-order valence-corrected chi connectivity index (χ1v) is 9.20. The van der Waals surface area contributed by atoms with E-state index in [1.807, 2.05) is 12.4 Å². The smallest absolute Gasteiger partial charge is 0.257 e. The molecule has 0 bridgehead atoms. The standard InChI is InChI=1S/C21H23FN2O2/c1-14-3-2-4-19(22)20(14)21(25)24-8-7-18-16(11-24)9-23-10-17(18)13-26-12-15-5-6-15/h2-4,9-10,15H,5-8,11-13H2,1H3. The lowest BCUT2D eigenvalue weighted by molar-refractivity contribution is 0.0726. The molecule has 0 saturated heterocycles. The predicted molar refractivity (Wildman–Crippen MR) is 96.2 cm³/mol. The molecule has 1 aliphatic heterocycles. The third kappa shape index (κ3) is 3.49. The number of halogens is 1. The summed E-state index contributed by atoms with van der Waals surface area (Å²) in [5.41, 5.74) is 4.21. The summed E-state index contributed by atoms with van der Waals surface area (Å²) in [6.07, 6.45) is 6.98. The van der Waals surface area contributed by atoms with Crippen molar-refractivity contribution in [3.63, 3.8) is 0 Å². The molecule has 26 heavy (non-hydrogen) atoms. The Morgan fingerprint density at radius 1 is 1.35 bits per heavy atom. The average molecular weight is 354 g/mol. The molecule has 0 spiro atoms. The molecule has 1 aliphatic carbocycles. The number of ether oxygens (including phenoxy) is 1. The molecule has 5 heteroatoms. The lowest BCUT2D eigenvalue weighted by atomic mass is 9.96. The minimum absolute atomic E-state index is 0.174. The SMILES string of the molecule is Cc1cccc(F)c1C(=O)N1CCc2c(COCC3CC3)cncc2C1. The van der Waals surface area contributed by atoms with Crippen LogP contribution in [0.2, 0.25) is 0 Å². The summed E-state index contributed by atoms with van der Waals surface area (Å²) in [5.74, 6) is 0.0300. The Morgan fingerprint density at radius 3 is 2.96 bits per heavy atom. The molecule has 1 aromatic carbocycles. The zero-order valence-corrected chi connectivity index (χ0v) is 15.0. The maximum atomic E-state index is 14.1. The number of amides is 1. The van der Waals surface area contributed by atoms with Crippen molar-refractivity contribution in [3.8, 4) is 0 Å². The number of nitrogens with zero attached hydrogens (tertiary/aromatic N) is 2. The Balaban J connectivity index is 1.50. The topological polar surface area (TPSA) is 42.4 Å². The van der Waals surface area contributed by atoms with Crippen molar-refractivity contribution in [1.82, 2.24) is 9.88 Å². The molecule has 1 saturated carbocycles. The first-order valence-electron chi connectivity index (χ1n) is 9.20. The number of hydrogen-bond acceptors (Lipinski definition) is 3. The van der Waals surface area contributed by atoms with Crippen molar-refractivity contribution in [2.45, 2.75) is 39.3 Å². The van der Waals surface area contributed by atoms with Crippen LogP contribution >= 0.6 is 0 Å². The largest absolute Gasteiger partial charge is 0.376 e. The van der Waals surface area contributed by atoms with Crippen molar-refractivity contribution in [2.24, 2.45) is 5.92 Å². The Hall–Kier alpha value is -2.27. The van der Waals surface area contributed by atoms with Crippen LogP contribution in [0, 0.1) is 18.7 Å². The second-order valence-electron chi connectivity index (χ2n) is 7.30. The van der Waals surface area contributed by atoms with E-state index in [1.165, 1.54) is 24.5 Å². The van der Waals surface area contributed by atoms with Gasteiger partial charge in [-0.2, -0.15) is 0 Å². The zero-order chi connectivity index (χ0) is 18.1. The van der Waals surface area contributed by atoms with Gasteiger partial charge in [0.25, 0.3) is 5.91 Å². The van der Waals surface area contributed by atoms with E-state index in [-0.39, 0.29) is 11.5 Å². The number of aryl methyl sites for hydroxylation is 1. The van der Waals surface area contributed by atoms with E-state index in [4.69, 9.17) is 4.74 Å². The molecule has 1 amide bonds. The van der Waals surface area contributed by atoms with Gasteiger partial charge in [0.05, 0.1) is 12.2 Å². The van der Waals surface area contributed by atoms with Crippen molar-refractivity contribution in [2.75, 3.05) is 13.2 Å². The molecule has 0 unspecified atom stereocenters. The number of aromatic nitrogens is 1. The van der Waals surface area contributed by atoms with Gasteiger partial charge >= 0.3 is 0 Å². The number of carbonyl (C=O) groups excluding carboxylic acids is 1. The van der Waals surface area contributed by atoms with Crippen LogP contribution in [-0.2, 0) is 24.3 Å². The van der Waals surface area contributed by atoms with E-state index in [2.05, 4.69) is 4.98 Å². The maximum absolute atomic E-state index is 14.1. The van der Waals surface area contributed by atoms with Gasteiger partial charge in [-0.25, -0.2) is 4.39 Å². The molecule has 0 radical (unpaired) electrons. The summed E-state index contributed by atoms with van der Waals surface area (Å²) < 4.78 is 20.0. The molecule has 136 valence electrons. The molecule has 0 atom stereocenters. The quantitative estimate of drug-likeness (QED) is 0.823. The number of hydrogen-bond donors (Lipinski definition) is 0. The van der Waals surface area contributed by atoms with Crippen LogP contribution in [-0.4, -0.2) is 28.9 Å². The first kappa shape index (κ1) is 17.2. The second-order valence-corrected chi connectivity index (χ2v) is 7.30. The van der Waals surface area contributed by atoms with Gasteiger partial charge in [-0.15, -0.1) is 0 Å². The van der Waals surface area contributed by atoms with Gasteiger partial charge in [0.1, 0.15) is 5.82 Å². The minimum atomic E-state index is -0.457. The molecule has 1 fully saturated rings. The van der Waals surface area contributed by atoms with Crippen LogP contribution in [0.25, 0.3) is 0 Å². The lowest BCUT2D eigenvalue weighted by Gasteiger charge is -2.30. The van der Waals surface area contributed by atoms with Crippen LogP contribution in [0.5, 0.6) is 0 Å². The number of benzene rings is 1. The van der Waals surface area contributed by atoms with Crippen LogP contribution in [0.3, 0.4) is 0 Å². The molecule has 2 aromatic rings. The van der Waals surface area contributed by atoms with E-state index in [1.54, 1.807) is 24.0 Å². The Labute approximate surface area is 153 Å². The van der Waals surface area contributed by atoms with Crippen molar-refractivity contribution < 1.29 is 13.9 Å². The molecular weight excluding hydrogens is 331 g/mol. The highest BCUT2D eigenvalue weighted by molar-refractivity contribution is 5.96. The van der Waals surface area contributed by atoms with Gasteiger partial charge in [0.15, 0.2) is 0 Å². The third-order valence-corrected chi connectivity index (χ3v) is 5.26. The molecule has 0 N–H and O–H groups in total. The summed E-state index contributed by atoms with van der Waals surface area (Å²) in [4.78, 5) is 18.9. The fourth-order valence-corrected chi connectivity index (χ4v) is 3.55. The monoisotopic (exact) mass is 354 g/mol. The molecular formula is C21H23FN2O2. The maximum Gasteiger partial charge on any atom is 0.257 e. The van der Waals surface area contributed by atoms with E-state index >= 15 is 0 Å². The Bertz CT molecular complexity index is 813. The van der Waals surface area contributed by atoms with Gasteiger partial charge < -0.3 is 9.64 Å². The van der Waals surface area contributed by atoms with Gasteiger partial charge in [-0.1, -0.05) is 12.1 Å². The van der Waals surface area contributed by atoms with Gasteiger partial charge in [0, 0.05) is 32.1 Å². The van der Waals surface area contributed by atoms with Gasteiger partial charge in [0.2, 0.25) is 0 Å². The normalized spacial score (nSPS) is 16.5. The molecule has 4 nitrogen and oxygen atoms in total. The number of carbonyl (C=O) groups is 1. The highest BCUT2D eigenvalue weighted by Gasteiger charge is 2.27. The van der Waals surface area contributed by atoms with E-state index in [9.17, 15) is 9.18 Å². The van der Waals surface area contributed by atoms with Gasteiger partial charge in [-0.05, 0) is 60.4 Å². The number of fused-ring (bicyclic) bond motifs is 1. The molecule has 2 heterocycles. The lowest BCUT2D eigenvalue weighted by Crippen LogP contribution is -2.37. The summed E-state index contributed by atoms with van der Waals surface area (Å²) in [6, 6.07) is 4.74. The fraction of sp³-hybridized carbons (Fsp3) is 0.429. The van der Waals surface area contributed by atoms with Crippen LogP contribution < -0.4 is 0 Å². The molecule has 1 aromatic heterocycles. The highest BCUT2D eigenvalue weighted by Crippen LogP contribution is 2.30. The summed E-state index contributed by atoms with van der Waals surface area (Å²) in [5, 5.41) is 0. The van der Waals surface area contributed by atoms with E-state index < -0.39 is 5.82 Å². The third-order valence-electron chi connectivity index (χ3n) is 5.26. The fourth-order valence-electron chi connectivity index (χ4n) is 3.55. The zero-order valence-electron chi connectivity index (χ0n) is 15.0. The molecule has 4 rings (SSSR count). The Morgan fingerprint density at radius 2 is 2.19 bits per heavy atom. The van der Waals surface area contributed by atoms with E-state index in [0.29, 0.717) is 25.3 Å². The summed E-state index contributed by atoms with van der Waals surface area (Å²) in [6.45, 7) is 4.21. The average Bonchev–Trinajstić information content (AvgIpc) is 3.45. The van der Waals surface area contributed by atoms with Crippen molar-refractivity contribution in [3.05, 3.63) is 64.2 Å². The predicted octanol–water partition coefficient (Wildman–Crippen LogP) is 3.65. The van der Waals surface area contributed by atoms with E-state index in [0.717, 1.165) is 30.1 Å².